The number of ether oxygens (including phenoxy) is 1. The number of nitrogens with zero attached hydrogens (tertiary/aromatic N) is 2. The molecule has 24 heavy (non-hydrogen) atoms. The van der Waals surface area contributed by atoms with Crippen LogP contribution in [0.2, 0.25) is 0 Å². The predicted molar refractivity (Wildman–Crippen MR) is 91.0 cm³/mol. The lowest BCUT2D eigenvalue weighted by atomic mass is 9.90. The molecule has 0 bridgehead atoms. The quantitative estimate of drug-likeness (QED) is 0.759. The molecule has 0 aliphatic carbocycles. The molecule has 0 saturated carbocycles. The van der Waals surface area contributed by atoms with Crippen molar-refractivity contribution < 1.29 is 14.1 Å². The van der Waals surface area contributed by atoms with E-state index in [1.54, 1.807) is 6.26 Å². The third-order valence-electron chi connectivity index (χ3n) is 4.24. The van der Waals surface area contributed by atoms with Crippen LogP contribution in [0.25, 0.3) is 0 Å². The molecule has 1 aromatic heterocycles. The summed E-state index contributed by atoms with van der Waals surface area (Å²) in [6.45, 7) is 6.46. The Morgan fingerprint density at radius 1 is 1.42 bits per heavy atom. The van der Waals surface area contributed by atoms with Gasteiger partial charge in [-0.05, 0) is 45.4 Å². The molecule has 0 N–H and O–H groups in total. The van der Waals surface area contributed by atoms with Gasteiger partial charge in [0, 0.05) is 30.6 Å². The second kappa shape index (κ2) is 7.62. The minimum atomic E-state index is 0.0277. The molecule has 3 rings (SSSR count). The number of benzene rings is 1. The van der Waals surface area contributed by atoms with Crippen LogP contribution in [-0.4, -0.2) is 35.0 Å². The van der Waals surface area contributed by atoms with Gasteiger partial charge in [-0.2, -0.15) is 0 Å². The summed E-state index contributed by atoms with van der Waals surface area (Å²) < 4.78 is 10.6. The first-order chi connectivity index (χ1) is 11.6. The highest BCUT2D eigenvalue weighted by atomic mass is 16.5. The molecule has 1 aromatic carbocycles. The van der Waals surface area contributed by atoms with Gasteiger partial charge in [-0.25, -0.2) is 0 Å². The average molecular weight is 328 g/mol. The smallest absolute Gasteiger partial charge is 0.167 e. The number of likely N-dealkylation sites (tertiary alicyclic amines) is 1. The Morgan fingerprint density at radius 3 is 3.04 bits per heavy atom. The molecule has 2 heterocycles. The summed E-state index contributed by atoms with van der Waals surface area (Å²) in [5.74, 6) is 0.986. The zero-order chi connectivity index (χ0) is 16.9. The van der Waals surface area contributed by atoms with Crippen molar-refractivity contribution in [1.82, 2.24) is 10.1 Å². The first kappa shape index (κ1) is 16.7. The average Bonchev–Trinajstić information content (AvgIpc) is 3.07. The molecular weight excluding hydrogens is 304 g/mol. The molecule has 5 heteroatoms. The van der Waals surface area contributed by atoms with E-state index in [1.807, 2.05) is 44.2 Å². The van der Waals surface area contributed by atoms with Crippen molar-refractivity contribution in [1.29, 1.82) is 0 Å². The molecule has 1 aliphatic heterocycles. The van der Waals surface area contributed by atoms with Crippen LogP contribution < -0.4 is 4.74 Å². The van der Waals surface area contributed by atoms with Gasteiger partial charge < -0.3 is 9.26 Å². The Balaban J connectivity index is 1.65. The monoisotopic (exact) mass is 328 g/mol. The number of piperidine rings is 1. The van der Waals surface area contributed by atoms with Gasteiger partial charge in [-0.3, -0.25) is 9.69 Å². The van der Waals surface area contributed by atoms with Crippen molar-refractivity contribution in [3.63, 3.8) is 0 Å². The highest BCUT2D eigenvalue weighted by Crippen LogP contribution is 2.24. The maximum absolute atomic E-state index is 12.9. The molecule has 2 aromatic rings. The lowest BCUT2D eigenvalue weighted by Crippen LogP contribution is -2.38. The van der Waals surface area contributed by atoms with Gasteiger partial charge in [-0.1, -0.05) is 17.3 Å². The van der Waals surface area contributed by atoms with Gasteiger partial charge >= 0.3 is 0 Å². The van der Waals surface area contributed by atoms with Gasteiger partial charge in [0.1, 0.15) is 12.0 Å². The Labute approximate surface area is 142 Å². The van der Waals surface area contributed by atoms with Gasteiger partial charge in [0.05, 0.1) is 11.8 Å². The van der Waals surface area contributed by atoms with Crippen molar-refractivity contribution in [2.75, 3.05) is 13.1 Å². The van der Waals surface area contributed by atoms with Crippen LogP contribution in [-0.2, 0) is 6.54 Å². The minimum Gasteiger partial charge on any atom is -0.491 e. The van der Waals surface area contributed by atoms with E-state index in [1.165, 1.54) is 0 Å². The van der Waals surface area contributed by atoms with E-state index < -0.39 is 0 Å². The predicted octanol–water partition coefficient (Wildman–Crippen LogP) is 3.56. The van der Waals surface area contributed by atoms with Gasteiger partial charge in [-0.15, -0.1) is 0 Å². The highest BCUT2D eigenvalue weighted by molar-refractivity contribution is 5.98. The van der Waals surface area contributed by atoms with E-state index in [9.17, 15) is 4.79 Å². The number of ketones is 1. The summed E-state index contributed by atoms with van der Waals surface area (Å²) in [5, 5.41) is 3.96. The van der Waals surface area contributed by atoms with E-state index in [-0.39, 0.29) is 17.8 Å². The standard InChI is InChI=1S/C19H24N2O3/c1-14(2)24-18-7-3-5-15(11-18)19(22)16-6-4-9-21(12-16)13-17-8-10-23-20-17/h3,5,7-8,10-11,14,16H,4,6,9,12-13H2,1-2H3/t16-/m0/s1. The molecule has 1 aliphatic rings. The van der Waals surface area contributed by atoms with Crippen molar-refractivity contribution in [2.45, 2.75) is 39.3 Å². The second-order valence-electron chi connectivity index (χ2n) is 6.62. The Kier molecular flexibility index (Phi) is 5.30. The van der Waals surface area contributed by atoms with E-state index in [0.29, 0.717) is 0 Å². The Morgan fingerprint density at radius 2 is 2.29 bits per heavy atom. The second-order valence-corrected chi connectivity index (χ2v) is 6.62. The molecule has 0 unspecified atom stereocenters. The largest absolute Gasteiger partial charge is 0.491 e. The maximum atomic E-state index is 12.9. The fraction of sp³-hybridized carbons (Fsp3) is 0.474. The van der Waals surface area contributed by atoms with Crippen LogP contribution in [0.3, 0.4) is 0 Å². The molecule has 0 radical (unpaired) electrons. The summed E-state index contributed by atoms with van der Waals surface area (Å²) >= 11 is 0. The van der Waals surface area contributed by atoms with Crippen LogP contribution in [0, 0.1) is 5.92 Å². The number of carbonyl (C=O) groups is 1. The lowest BCUT2D eigenvalue weighted by molar-refractivity contribution is 0.0808. The molecule has 128 valence electrons. The summed E-state index contributed by atoms with van der Waals surface area (Å²) in [6, 6.07) is 9.40. The van der Waals surface area contributed by atoms with Crippen molar-refractivity contribution in [2.24, 2.45) is 5.92 Å². The number of Topliss-reactive ketones (excluding diaryl/α,β-unsaturated/α-hetero) is 1. The first-order valence-electron chi connectivity index (χ1n) is 8.54. The topological polar surface area (TPSA) is 55.6 Å². The van der Waals surface area contributed by atoms with Gasteiger partial charge in [0.2, 0.25) is 0 Å². The molecular formula is C19H24N2O3. The zero-order valence-electron chi connectivity index (χ0n) is 14.3. The fourth-order valence-corrected chi connectivity index (χ4v) is 3.19. The molecule has 1 atom stereocenters. The number of hydrogen-bond acceptors (Lipinski definition) is 5. The lowest BCUT2D eigenvalue weighted by Gasteiger charge is -2.31. The number of rotatable bonds is 6. The normalized spacial score (nSPS) is 18.7. The van der Waals surface area contributed by atoms with Gasteiger partial charge in [0.15, 0.2) is 5.78 Å². The summed E-state index contributed by atoms with van der Waals surface area (Å²) in [5.41, 5.74) is 1.65. The van der Waals surface area contributed by atoms with E-state index in [4.69, 9.17) is 9.26 Å². The third kappa shape index (κ3) is 4.23. The summed E-state index contributed by atoms with van der Waals surface area (Å²) in [7, 11) is 0. The van der Waals surface area contributed by atoms with E-state index >= 15 is 0 Å². The molecule has 1 saturated heterocycles. The van der Waals surface area contributed by atoms with Crippen LogP contribution in [0.4, 0.5) is 0 Å². The number of hydrogen-bond donors (Lipinski definition) is 0. The van der Waals surface area contributed by atoms with Crippen molar-refractivity contribution in [3.8, 4) is 5.75 Å². The maximum Gasteiger partial charge on any atom is 0.167 e. The van der Waals surface area contributed by atoms with Crippen LogP contribution in [0.5, 0.6) is 5.75 Å². The van der Waals surface area contributed by atoms with E-state index in [0.717, 1.165) is 49.5 Å². The van der Waals surface area contributed by atoms with Crippen LogP contribution in [0.15, 0.2) is 41.1 Å². The van der Waals surface area contributed by atoms with Crippen molar-refractivity contribution in [3.05, 3.63) is 47.9 Å². The third-order valence-corrected chi connectivity index (χ3v) is 4.24. The van der Waals surface area contributed by atoms with Crippen LogP contribution >= 0.6 is 0 Å². The van der Waals surface area contributed by atoms with Crippen LogP contribution in [0.1, 0.15) is 42.7 Å². The molecule has 1 fully saturated rings. The minimum absolute atomic E-state index is 0.0277. The Hall–Kier alpha value is -2.14. The summed E-state index contributed by atoms with van der Waals surface area (Å²) in [6.07, 6.45) is 3.64. The summed E-state index contributed by atoms with van der Waals surface area (Å²) in [4.78, 5) is 15.1. The highest BCUT2D eigenvalue weighted by Gasteiger charge is 2.27. The zero-order valence-corrected chi connectivity index (χ0v) is 14.3. The Bertz CT molecular complexity index is 667. The van der Waals surface area contributed by atoms with Gasteiger partial charge in [0.25, 0.3) is 0 Å². The molecule has 0 amide bonds. The van der Waals surface area contributed by atoms with E-state index in [2.05, 4.69) is 10.1 Å². The number of carbonyl (C=O) groups excluding carboxylic acids is 1. The SMILES string of the molecule is CC(C)Oc1cccc(C(=O)[C@H]2CCCN(Cc3ccon3)C2)c1. The number of aromatic nitrogens is 1. The molecule has 0 spiro atoms. The fourth-order valence-electron chi connectivity index (χ4n) is 3.19. The van der Waals surface area contributed by atoms with Crippen molar-refractivity contribution >= 4 is 5.78 Å². The first-order valence-corrected chi connectivity index (χ1v) is 8.54. The molecule has 5 nitrogen and oxygen atoms in total.